The number of fused-ring (bicyclic) bond motifs is 3. The van der Waals surface area contributed by atoms with Crippen LogP contribution in [0.3, 0.4) is 0 Å². The van der Waals surface area contributed by atoms with Crippen LogP contribution >= 0.6 is 46.5 Å². The van der Waals surface area contributed by atoms with Crippen molar-refractivity contribution in [3.63, 3.8) is 0 Å². The van der Waals surface area contributed by atoms with Gasteiger partial charge in [-0.25, -0.2) is 9.97 Å². The molecule has 0 fully saturated rings. The van der Waals surface area contributed by atoms with Crippen molar-refractivity contribution in [1.29, 1.82) is 0 Å². The first-order chi connectivity index (χ1) is 15.4. The molecule has 1 aliphatic rings. The van der Waals surface area contributed by atoms with Gasteiger partial charge in [0.1, 0.15) is 9.86 Å². The fourth-order valence-electron chi connectivity index (χ4n) is 3.51. The molecule has 1 N–H and O–H groups in total. The molecule has 4 rings (SSSR count). The van der Waals surface area contributed by atoms with Crippen molar-refractivity contribution < 1.29 is 9.53 Å². The van der Waals surface area contributed by atoms with E-state index in [1.807, 2.05) is 12.1 Å². The van der Waals surface area contributed by atoms with Crippen LogP contribution in [0.4, 0.5) is 5.69 Å². The molecule has 0 saturated heterocycles. The number of ether oxygens (including phenoxy) is 1. The molecular formula is C23H26ClN3O2S3. The minimum Gasteiger partial charge on any atom is -0.369 e. The van der Waals surface area contributed by atoms with Crippen LogP contribution in [0.25, 0.3) is 10.2 Å². The topological polar surface area (TPSA) is 64.1 Å². The predicted molar refractivity (Wildman–Crippen MR) is 136 cm³/mol. The lowest BCUT2D eigenvalue weighted by Gasteiger charge is -2.33. The van der Waals surface area contributed by atoms with Crippen LogP contribution in [0.15, 0.2) is 34.4 Å². The lowest BCUT2D eigenvalue weighted by atomic mass is 9.90. The van der Waals surface area contributed by atoms with Crippen molar-refractivity contribution in [1.82, 2.24) is 9.97 Å². The van der Waals surface area contributed by atoms with Crippen molar-refractivity contribution in [2.75, 3.05) is 16.8 Å². The van der Waals surface area contributed by atoms with E-state index in [4.69, 9.17) is 26.3 Å². The molecule has 1 amide bonds. The molecule has 1 aromatic carbocycles. The van der Waals surface area contributed by atoms with Crippen molar-refractivity contribution in [2.24, 2.45) is 0 Å². The highest BCUT2D eigenvalue weighted by Gasteiger charge is 2.33. The Kier molecular flexibility index (Phi) is 7.67. The van der Waals surface area contributed by atoms with Gasteiger partial charge in [0.2, 0.25) is 5.91 Å². The van der Waals surface area contributed by atoms with E-state index >= 15 is 0 Å². The summed E-state index contributed by atoms with van der Waals surface area (Å²) in [4.78, 5) is 24.5. The number of anilines is 1. The Morgan fingerprint density at radius 1 is 1.31 bits per heavy atom. The second-order valence-electron chi connectivity index (χ2n) is 7.96. The van der Waals surface area contributed by atoms with Crippen LogP contribution in [0.2, 0.25) is 5.02 Å². The van der Waals surface area contributed by atoms with Gasteiger partial charge in [0.15, 0.2) is 5.16 Å². The van der Waals surface area contributed by atoms with Gasteiger partial charge in [-0.2, -0.15) is 0 Å². The third-order valence-corrected chi connectivity index (χ3v) is 8.78. The van der Waals surface area contributed by atoms with Gasteiger partial charge in [0, 0.05) is 33.1 Å². The second kappa shape index (κ2) is 10.3. The molecule has 1 atom stereocenters. The standard InChI is InChI=1S/C23H26ClN3O2S3/c1-4-9-30-22-26-20(31-13-18(28)25-15-8-6-7-14(24)10-15)19-16-11-23(3,5-2)29-12-17(16)32-21(19)27-22/h6-8,10H,4-5,9,11-13H2,1-3H3,(H,25,28)/t23-/m1/s1. The van der Waals surface area contributed by atoms with Gasteiger partial charge in [0.25, 0.3) is 0 Å². The molecule has 3 aromatic rings. The number of nitrogens with one attached hydrogen (secondary N) is 1. The Morgan fingerprint density at radius 2 is 2.16 bits per heavy atom. The van der Waals surface area contributed by atoms with Crippen molar-refractivity contribution in [3.05, 3.63) is 39.7 Å². The number of benzene rings is 1. The van der Waals surface area contributed by atoms with Crippen molar-refractivity contribution in [3.8, 4) is 0 Å². The number of hydrogen-bond donors (Lipinski definition) is 1. The predicted octanol–water partition coefficient (Wildman–Crippen LogP) is 6.82. The number of carbonyl (C=O) groups excluding carboxylic acids is 1. The summed E-state index contributed by atoms with van der Waals surface area (Å²) in [5, 5.41) is 6.26. The number of aromatic nitrogens is 2. The Bertz CT molecular complexity index is 1140. The molecule has 0 saturated carbocycles. The summed E-state index contributed by atoms with van der Waals surface area (Å²) in [5.74, 6) is 1.15. The summed E-state index contributed by atoms with van der Waals surface area (Å²) in [7, 11) is 0. The summed E-state index contributed by atoms with van der Waals surface area (Å²) < 4.78 is 6.16. The number of thioether (sulfide) groups is 2. The Hall–Kier alpha value is -1.32. The molecule has 0 unspecified atom stereocenters. The molecule has 2 aromatic heterocycles. The normalized spacial score (nSPS) is 18.0. The molecule has 9 heteroatoms. The Labute approximate surface area is 206 Å². The lowest BCUT2D eigenvalue weighted by molar-refractivity contribution is -0.113. The Morgan fingerprint density at radius 3 is 2.91 bits per heavy atom. The zero-order valence-corrected chi connectivity index (χ0v) is 21.6. The van der Waals surface area contributed by atoms with Crippen LogP contribution in [0.5, 0.6) is 0 Å². The number of hydrogen-bond acceptors (Lipinski definition) is 7. The van der Waals surface area contributed by atoms with Gasteiger partial charge >= 0.3 is 0 Å². The van der Waals surface area contributed by atoms with E-state index in [0.29, 0.717) is 17.3 Å². The minimum absolute atomic E-state index is 0.0855. The fraction of sp³-hybridized carbons (Fsp3) is 0.435. The number of amides is 1. The van der Waals surface area contributed by atoms with Gasteiger partial charge in [-0.3, -0.25) is 4.79 Å². The third-order valence-electron chi connectivity index (χ3n) is 5.41. The number of nitrogens with zero attached hydrogens (tertiary/aromatic N) is 2. The molecule has 170 valence electrons. The summed E-state index contributed by atoms with van der Waals surface area (Å²) >= 11 is 10.9. The smallest absolute Gasteiger partial charge is 0.234 e. The SMILES string of the molecule is CCCSc1nc(SCC(=O)Nc2cccc(Cl)c2)c2c3c(sc2n1)CO[C@](C)(CC)C3. The van der Waals surface area contributed by atoms with Gasteiger partial charge < -0.3 is 10.1 Å². The molecule has 32 heavy (non-hydrogen) atoms. The van der Waals surface area contributed by atoms with Crippen LogP contribution in [-0.4, -0.2) is 33.0 Å². The molecule has 3 heterocycles. The highest BCUT2D eigenvalue weighted by Crippen LogP contribution is 2.43. The lowest BCUT2D eigenvalue weighted by Crippen LogP contribution is -2.33. The first-order valence-electron chi connectivity index (χ1n) is 10.7. The fourth-order valence-corrected chi connectivity index (χ4v) is 6.53. The molecule has 0 bridgehead atoms. The van der Waals surface area contributed by atoms with Gasteiger partial charge in [-0.05, 0) is 43.5 Å². The number of rotatable bonds is 8. The van der Waals surface area contributed by atoms with E-state index in [1.54, 1.807) is 35.2 Å². The summed E-state index contributed by atoms with van der Waals surface area (Å²) in [6.07, 6.45) is 2.84. The number of halogens is 1. The van der Waals surface area contributed by atoms with E-state index in [9.17, 15) is 4.79 Å². The van der Waals surface area contributed by atoms with Crippen molar-refractivity contribution in [2.45, 2.75) is 62.4 Å². The zero-order chi connectivity index (χ0) is 22.7. The average molecular weight is 508 g/mol. The van der Waals surface area contributed by atoms with Gasteiger partial charge in [-0.15, -0.1) is 11.3 Å². The van der Waals surface area contributed by atoms with Crippen LogP contribution in [0.1, 0.15) is 44.1 Å². The quantitative estimate of drug-likeness (QED) is 0.205. The average Bonchev–Trinajstić information content (AvgIpc) is 3.13. The molecule has 5 nitrogen and oxygen atoms in total. The molecule has 1 aliphatic heterocycles. The van der Waals surface area contributed by atoms with Crippen LogP contribution < -0.4 is 5.32 Å². The summed E-state index contributed by atoms with van der Waals surface area (Å²) in [5.41, 5.74) is 1.80. The van der Waals surface area contributed by atoms with E-state index < -0.39 is 0 Å². The highest BCUT2D eigenvalue weighted by atomic mass is 35.5. The van der Waals surface area contributed by atoms with E-state index in [2.05, 4.69) is 26.1 Å². The maximum absolute atomic E-state index is 12.6. The maximum atomic E-state index is 12.6. The summed E-state index contributed by atoms with van der Waals surface area (Å²) in [6, 6.07) is 7.18. The zero-order valence-electron chi connectivity index (χ0n) is 18.4. The van der Waals surface area contributed by atoms with E-state index in [-0.39, 0.29) is 17.3 Å². The number of carbonyl (C=O) groups is 1. The largest absolute Gasteiger partial charge is 0.369 e. The van der Waals surface area contributed by atoms with E-state index in [0.717, 1.165) is 45.4 Å². The summed E-state index contributed by atoms with van der Waals surface area (Å²) in [6.45, 7) is 7.08. The molecular weight excluding hydrogens is 482 g/mol. The minimum atomic E-state index is -0.178. The van der Waals surface area contributed by atoms with Crippen LogP contribution in [-0.2, 0) is 22.6 Å². The maximum Gasteiger partial charge on any atom is 0.234 e. The van der Waals surface area contributed by atoms with Crippen LogP contribution in [0, 0.1) is 0 Å². The highest BCUT2D eigenvalue weighted by molar-refractivity contribution is 8.00. The first-order valence-corrected chi connectivity index (χ1v) is 13.8. The molecule has 0 aliphatic carbocycles. The molecule has 0 spiro atoms. The van der Waals surface area contributed by atoms with E-state index in [1.165, 1.54) is 22.2 Å². The van der Waals surface area contributed by atoms with Gasteiger partial charge in [0.05, 0.1) is 18.0 Å². The monoisotopic (exact) mass is 507 g/mol. The second-order valence-corrected chi connectivity index (χ2v) is 11.5. The van der Waals surface area contributed by atoms with Crippen molar-refractivity contribution >= 4 is 68.3 Å². The number of thiophene rings is 1. The molecule has 0 radical (unpaired) electrons. The van der Waals surface area contributed by atoms with Gasteiger partial charge in [-0.1, -0.05) is 55.0 Å². The third kappa shape index (κ3) is 5.42. The first kappa shape index (κ1) is 23.8. The Balaban J connectivity index is 1.62.